The van der Waals surface area contributed by atoms with Gasteiger partial charge in [0.25, 0.3) is 0 Å². The van der Waals surface area contributed by atoms with E-state index in [4.69, 9.17) is 4.74 Å². The first-order valence-corrected chi connectivity index (χ1v) is 7.58. The van der Waals surface area contributed by atoms with Crippen LogP contribution in [-0.4, -0.2) is 30.8 Å². The zero-order valence-corrected chi connectivity index (χ0v) is 12.0. The van der Waals surface area contributed by atoms with Crippen molar-refractivity contribution in [2.24, 2.45) is 5.92 Å². The largest absolute Gasteiger partial charge is 0.381 e. The van der Waals surface area contributed by atoms with Crippen LogP contribution in [0.2, 0.25) is 0 Å². The van der Waals surface area contributed by atoms with E-state index in [1.54, 1.807) is 0 Å². The van der Waals surface area contributed by atoms with Gasteiger partial charge >= 0.3 is 0 Å². The third-order valence-corrected chi connectivity index (χ3v) is 3.87. The number of pyridine rings is 1. The van der Waals surface area contributed by atoms with E-state index in [2.05, 4.69) is 29.4 Å². The Morgan fingerprint density at radius 1 is 1.32 bits per heavy atom. The fraction of sp³-hybridized carbons (Fsp3) is 0.688. The highest BCUT2D eigenvalue weighted by molar-refractivity contribution is 5.11. The molecule has 1 unspecified atom stereocenters. The van der Waals surface area contributed by atoms with Crippen LogP contribution in [0, 0.1) is 5.92 Å². The lowest BCUT2D eigenvalue weighted by Gasteiger charge is -2.27. The van der Waals surface area contributed by atoms with Gasteiger partial charge in [-0.05, 0) is 62.3 Å². The predicted molar refractivity (Wildman–Crippen MR) is 78.2 cm³/mol. The SMILES string of the molecule is CCCNC(Cc1ccncc1)CC1CCOCC1. The lowest BCUT2D eigenvalue weighted by Crippen LogP contribution is -2.35. The molecule has 106 valence electrons. The van der Waals surface area contributed by atoms with Crippen molar-refractivity contribution < 1.29 is 4.74 Å². The van der Waals surface area contributed by atoms with Crippen molar-refractivity contribution in [2.75, 3.05) is 19.8 Å². The summed E-state index contributed by atoms with van der Waals surface area (Å²) in [5, 5.41) is 3.70. The van der Waals surface area contributed by atoms with E-state index in [1.165, 1.54) is 31.2 Å². The molecule has 3 nitrogen and oxygen atoms in total. The van der Waals surface area contributed by atoms with Gasteiger partial charge in [-0.3, -0.25) is 4.98 Å². The van der Waals surface area contributed by atoms with E-state index in [9.17, 15) is 0 Å². The van der Waals surface area contributed by atoms with Crippen LogP contribution in [0.25, 0.3) is 0 Å². The molecule has 1 fully saturated rings. The highest BCUT2D eigenvalue weighted by atomic mass is 16.5. The summed E-state index contributed by atoms with van der Waals surface area (Å²) in [6.45, 7) is 5.23. The molecule has 1 N–H and O–H groups in total. The molecular weight excluding hydrogens is 236 g/mol. The summed E-state index contributed by atoms with van der Waals surface area (Å²) >= 11 is 0. The van der Waals surface area contributed by atoms with Crippen molar-refractivity contribution in [3.05, 3.63) is 30.1 Å². The van der Waals surface area contributed by atoms with Gasteiger partial charge in [0.1, 0.15) is 0 Å². The molecule has 1 atom stereocenters. The number of hydrogen-bond donors (Lipinski definition) is 1. The van der Waals surface area contributed by atoms with Gasteiger partial charge in [-0.1, -0.05) is 6.92 Å². The zero-order valence-electron chi connectivity index (χ0n) is 12.0. The minimum atomic E-state index is 0.588. The smallest absolute Gasteiger partial charge is 0.0468 e. The fourth-order valence-electron chi connectivity index (χ4n) is 2.78. The summed E-state index contributed by atoms with van der Waals surface area (Å²) in [5.41, 5.74) is 1.38. The van der Waals surface area contributed by atoms with E-state index in [-0.39, 0.29) is 0 Å². The maximum absolute atomic E-state index is 5.45. The number of ether oxygens (including phenoxy) is 1. The summed E-state index contributed by atoms with van der Waals surface area (Å²) in [5.74, 6) is 0.824. The molecule has 1 saturated heterocycles. The van der Waals surface area contributed by atoms with Crippen molar-refractivity contribution in [1.29, 1.82) is 0 Å². The van der Waals surface area contributed by atoms with Gasteiger partial charge in [0, 0.05) is 31.6 Å². The number of nitrogens with zero attached hydrogens (tertiary/aromatic N) is 1. The molecular formula is C16H26N2O. The van der Waals surface area contributed by atoms with E-state index >= 15 is 0 Å². The third kappa shape index (κ3) is 5.29. The maximum Gasteiger partial charge on any atom is 0.0468 e. The molecule has 3 heteroatoms. The minimum absolute atomic E-state index is 0.588. The molecule has 0 spiro atoms. The van der Waals surface area contributed by atoms with Crippen LogP contribution in [0.5, 0.6) is 0 Å². The second kappa shape index (κ2) is 8.28. The summed E-state index contributed by atoms with van der Waals surface area (Å²) in [7, 11) is 0. The maximum atomic E-state index is 5.45. The first-order valence-electron chi connectivity index (χ1n) is 7.58. The minimum Gasteiger partial charge on any atom is -0.381 e. The van der Waals surface area contributed by atoms with Crippen molar-refractivity contribution in [3.63, 3.8) is 0 Å². The van der Waals surface area contributed by atoms with E-state index in [0.717, 1.165) is 32.1 Å². The van der Waals surface area contributed by atoms with Gasteiger partial charge in [-0.2, -0.15) is 0 Å². The van der Waals surface area contributed by atoms with Crippen molar-refractivity contribution in [3.8, 4) is 0 Å². The fourth-order valence-corrected chi connectivity index (χ4v) is 2.78. The number of nitrogens with one attached hydrogen (secondary N) is 1. The molecule has 0 saturated carbocycles. The standard InChI is InChI=1S/C16H26N2O/c1-2-7-18-16(12-14-3-8-17-9-4-14)13-15-5-10-19-11-6-15/h3-4,8-9,15-16,18H,2,5-7,10-13H2,1H3. The van der Waals surface area contributed by atoms with Crippen molar-refractivity contribution >= 4 is 0 Å². The van der Waals surface area contributed by atoms with Gasteiger partial charge in [0.2, 0.25) is 0 Å². The van der Waals surface area contributed by atoms with Crippen LogP contribution >= 0.6 is 0 Å². The van der Waals surface area contributed by atoms with E-state index in [1.807, 2.05) is 12.4 Å². The molecule has 1 aliphatic heterocycles. The molecule has 0 radical (unpaired) electrons. The molecule has 1 aromatic heterocycles. The Hall–Kier alpha value is -0.930. The Morgan fingerprint density at radius 2 is 2.05 bits per heavy atom. The van der Waals surface area contributed by atoms with Crippen molar-refractivity contribution in [2.45, 2.75) is 45.1 Å². The van der Waals surface area contributed by atoms with Gasteiger partial charge in [-0.15, -0.1) is 0 Å². The van der Waals surface area contributed by atoms with Gasteiger partial charge in [0.15, 0.2) is 0 Å². The second-order valence-electron chi connectivity index (χ2n) is 5.50. The summed E-state index contributed by atoms with van der Waals surface area (Å²) in [6.07, 6.45) is 9.80. The quantitative estimate of drug-likeness (QED) is 0.820. The van der Waals surface area contributed by atoms with E-state index in [0.29, 0.717) is 6.04 Å². The number of hydrogen-bond acceptors (Lipinski definition) is 3. The first kappa shape index (κ1) is 14.5. The van der Waals surface area contributed by atoms with Crippen molar-refractivity contribution in [1.82, 2.24) is 10.3 Å². The highest BCUT2D eigenvalue weighted by Crippen LogP contribution is 2.21. The summed E-state index contributed by atoms with van der Waals surface area (Å²) < 4.78 is 5.45. The number of aromatic nitrogens is 1. The van der Waals surface area contributed by atoms with Crippen LogP contribution in [-0.2, 0) is 11.2 Å². The molecule has 19 heavy (non-hydrogen) atoms. The normalized spacial score (nSPS) is 18.4. The van der Waals surface area contributed by atoms with Crippen LogP contribution in [0.1, 0.15) is 38.2 Å². The second-order valence-corrected chi connectivity index (χ2v) is 5.50. The molecule has 0 aromatic carbocycles. The van der Waals surface area contributed by atoms with Crippen LogP contribution in [0.4, 0.5) is 0 Å². The van der Waals surface area contributed by atoms with E-state index < -0.39 is 0 Å². The topological polar surface area (TPSA) is 34.2 Å². The number of rotatable bonds is 7. The average molecular weight is 262 g/mol. The van der Waals surface area contributed by atoms with Gasteiger partial charge in [-0.25, -0.2) is 0 Å². The molecule has 0 aliphatic carbocycles. The molecule has 1 aliphatic rings. The summed E-state index contributed by atoms with van der Waals surface area (Å²) in [4.78, 5) is 4.09. The predicted octanol–water partition coefficient (Wildman–Crippen LogP) is 2.81. The molecule has 1 aromatic rings. The first-order chi connectivity index (χ1) is 9.38. The summed E-state index contributed by atoms with van der Waals surface area (Å²) in [6, 6.07) is 4.85. The lowest BCUT2D eigenvalue weighted by atomic mass is 9.90. The Bertz CT molecular complexity index is 336. The van der Waals surface area contributed by atoms with Crippen LogP contribution in [0.15, 0.2) is 24.5 Å². The Morgan fingerprint density at radius 3 is 2.74 bits per heavy atom. The Balaban J connectivity index is 1.87. The molecule has 2 heterocycles. The average Bonchev–Trinajstić information content (AvgIpc) is 2.47. The monoisotopic (exact) mass is 262 g/mol. The molecule has 0 amide bonds. The third-order valence-electron chi connectivity index (χ3n) is 3.87. The van der Waals surface area contributed by atoms with Gasteiger partial charge < -0.3 is 10.1 Å². The van der Waals surface area contributed by atoms with Crippen LogP contribution < -0.4 is 5.32 Å². The molecule has 0 bridgehead atoms. The highest BCUT2D eigenvalue weighted by Gasteiger charge is 2.19. The Labute approximate surface area is 116 Å². The van der Waals surface area contributed by atoms with Crippen LogP contribution in [0.3, 0.4) is 0 Å². The molecule has 2 rings (SSSR count). The Kier molecular flexibility index (Phi) is 6.31. The zero-order chi connectivity index (χ0) is 13.3. The van der Waals surface area contributed by atoms with Gasteiger partial charge in [0.05, 0.1) is 0 Å². The lowest BCUT2D eigenvalue weighted by molar-refractivity contribution is 0.0605.